The number of hydrazone groups is 1. The summed E-state index contributed by atoms with van der Waals surface area (Å²) in [5, 5.41) is 17.0. The van der Waals surface area contributed by atoms with E-state index in [1.54, 1.807) is 40.5 Å². The number of nitrogens with zero attached hydrogens (tertiary/aromatic N) is 3. The van der Waals surface area contributed by atoms with Gasteiger partial charge in [-0.1, -0.05) is 18.2 Å². The second kappa shape index (κ2) is 10.8. The molecule has 2 aromatic rings. The molecule has 0 spiro atoms. The van der Waals surface area contributed by atoms with Crippen LogP contribution in [0.15, 0.2) is 72.2 Å². The molecule has 0 radical (unpaired) electrons. The Morgan fingerprint density at radius 2 is 1.89 bits per heavy atom. The number of aryl methyl sites for hydroxylation is 1. The van der Waals surface area contributed by atoms with Crippen molar-refractivity contribution < 1.29 is 9.72 Å². The van der Waals surface area contributed by atoms with Crippen molar-refractivity contribution in [2.24, 2.45) is 5.10 Å². The molecule has 0 atom stereocenters. The van der Waals surface area contributed by atoms with Crippen LogP contribution in [0.4, 0.5) is 11.4 Å². The normalized spacial score (nSPS) is 10.9. The summed E-state index contributed by atoms with van der Waals surface area (Å²) in [6.07, 6.45) is 4.47. The van der Waals surface area contributed by atoms with Crippen LogP contribution in [0.3, 0.4) is 0 Å². The minimum atomic E-state index is -0.467. The maximum atomic E-state index is 12.9. The molecule has 0 saturated carbocycles. The van der Waals surface area contributed by atoms with E-state index in [0.717, 1.165) is 4.88 Å². The summed E-state index contributed by atoms with van der Waals surface area (Å²) in [5.74, 6) is -0.203. The fourth-order valence-corrected chi connectivity index (χ4v) is 3.14. The Hall–Kier alpha value is -3.26. The second-order valence-corrected chi connectivity index (χ2v) is 6.87. The largest absolute Gasteiger partial charge is 0.330 e. The number of nitrogens with one attached hydrogen (secondary N) is 1. The number of thiophene rings is 1. The van der Waals surface area contributed by atoms with Gasteiger partial charge in [-0.05, 0) is 30.0 Å². The molecule has 28 heavy (non-hydrogen) atoms. The molecule has 1 heterocycles. The number of nitro groups is 1. The monoisotopic (exact) mass is 398 g/mol. The topological polar surface area (TPSA) is 87.8 Å². The van der Waals surface area contributed by atoms with Crippen molar-refractivity contribution in [2.45, 2.75) is 12.8 Å². The van der Waals surface area contributed by atoms with E-state index in [-0.39, 0.29) is 11.6 Å². The van der Waals surface area contributed by atoms with Crippen molar-refractivity contribution in [1.82, 2.24) is 4.90 Å². The number of non-ortho nitro benzene ring substituents is 1. The number of hydrogen-bond donors (Lipinski definition) is 1. The lowest BCUT2D eigenvalue weighted by Crippen LogP contribution is -2.37. The molecule has 1 aromatic heterocycles. The van der Waals surface area contributed by atoms with Crippen molar-refractivity contribution in [3.8, 4) is 0 Å². The highest BCUT2D eigenvalue weighted by atomic mass is 32.1. The molecule has 1 N–H and O–H groups in total. The Bertz CT molecular complexity index is 835. The van der Waals surface area contributed by atoms with Gasteiger partial charge in [0.05, 0.1) is 10.6 Å². The highest BCUT2D eigenvalue weighted by Gasteiger charge is 2.18. The average molecular weight is 398 g/mol. The Morgan fingerprint density at radius 1 is 1.21 bits per heavy atom. The summed E-state index contributed by atoms with van der Waals surface area (Å²) in [5.41, 5.74) is 3.75. The zero-order chi connectivity index (χ0) is 20.4. The third-order valence-electron chi connectivity index (χ3n) is 3.82. The van der Waals surface area contributed by atoms with Crippen molar-refractivity contribution in [2.75, 3.05) is 18.5 Å². The van der Waals surface area contributed by atoms with Gasteiger partial charge in [0.1, 0.15) is 5.71 Å². The van der Waals surface area contributed by atoms with Gasteiger partial charge in [0.25, 0.3) is 11.6 Å². The van der Waals surface area contributed by atoms with Crippen molar-refractivity contribution in [3.05, 3.63) is 82.1 Å². The molecule has 2 rings (SSSR count). The van der Waals surface area contributed by atoms with Crippen LogP contribution in [0.1, 0.15) is 11.3 Å². The Kier molecular flexibility index (Phi) is 8.11. The highest BCUT2D eigenvalue weighted by Crippen LogP contribution is 2.16. The molecule has 0 unspecified atom stereocenters. The van der Waals surface area contributed by atoms with E-state index in [9.17, 15) is 14.9 Å². The van der Waals surface area contributed by atoms with E-state index >= 15 is 0 Å². The molecule has 0 aliphatic rings. The van der Waals surface area contributed by atoms with Gasteiger partial charge >= 0.3 is 0 Å². The van der Waals surface area contributed by atoms with Gasteiger partial charge in [0.15, 0.2) is 0 Å². The molecule has 0 aliphatic heterocycles. The molecule has 0 saturated heterocycles. The Labute approximate surface area is 167 Å². The second-order valence-electron chi connectivity index (χ2n) is 5.84. The number of rotatable bonds is 11. The number of hydrogen-bond acceptors (Lipinski definition) is 6. The summed E-state index contributed by atoms with van der Waals surface area (Å²) in [6, 6.07) is 9.85. The maximum Gasteiger partial charge on any atom is 0.270 e. The molecule has 7 nitrogen and oxygen atoms in total. The van der Waals surface area contributed by atoms with Crippen molar-refractivity contribution in [3.63, 3.8) is 0 Å². The predicted molar refractivity (Wildman–Crippen MR) is 114 cm³/mol. The molecular formula is C20H22N4O3S. The number of benzene rings is 1. The average Bonchev–Trinajstić information content (AvgIpc) is 3.21. The van der Waals surface area contributed by atoms with E-state index in [1.807, 2.05) is 17.5 Å². The van der Waals surface area contributed by atoms with Crippen LogP contribution in [0.2, 0.25) is 0 Å². The first-order valence-corrected chi connectivity index (χ1v) is 9.53. The maximum absolute atomic E-state index is 12.9. The first-order chi connectivity index (χ1) is 13.5. The lowest BCUT2D eigenvalue weighted by atomic mass is 10.1. The van der Waals surface area contributed by atoms with E-state index in [4.69, 9.17) is 0 Å². The van der Waals surface area contributed by atoms with Crippen LogP contribution >= 0.6 is 11.3 Å². The predicted octanol–water partition coefficient (Wildman–Crippen LogP) is 4.26. The zero-order valence-electron chi connectivity index (χ0n) is 15.4. The molecule has 0 aliphatic carbocycles. The first kappa shape index (κ1) is 21.0. The fourth-order valence-electron chi connectivity index (χ4n) is 2.43. The number of nitro benzene ring substituents is 1. The summed E-state index contributed by atoms with van der Waals surface area (Å²) >= 11 is 1.63. The van der Waals surface area contributed by atoms with E-state index < -0.39 is 4.92 Å². The van der Waals surface area contributed by atoms with Gasteiger partial charge in [-0.3, -0.25) is 20.3 Å². The van der Waals surface area contributed by atoms with Gasteiger partial charge in [-0.15, -0.1) is 24.5 Å². The molecule has 146 valence electrons. The fraction of sp³-hybridized carbons (Fsp3) is 0.200. The summed E-state index contributed by atoms with van der Waals surface area (Å²) < 4.78 is 0. The number of anilines is 1. The highest BCUT2D eigenvalue weighted by molar-refractivity contribution is 7.09. The van der Waals surface area contributed by atoms with Gasteiger partial charge in [0, 0.05) is 36.5 Å². The van der Waals surface area contributed by atoms with Crippen LogP contribution < -0.4 is 5.43 Å². The molecule has 0 fully saturated rings. The zero-order valence-corrected chi connectivity index (χ0v) is 16.2. The number of carbonyl (C=O) groups is 1. The van der Waals surface area contributed by atoms with E-state index in [2.05, 4.69) is 23.7 Å². The van der Waals surface area contributed by atoms with Gasteiger partial charge in [0.2, 0.25) is 0 Å². The van der Waals surface area contributed by atoms with Crippen molar-refractivity contribution >= 4 is 34.3 Å². The summed E-state index contributed by atoms with van der Waals surface area (Å²) in [4.78, 5) is 26.0. The number of amides is 1. The quantitative estimate of drug-likeness (QED) is 0.265. The smallest absolute Gasteiger partial charge is 0.270 e. The van der Waals surface area contributed by atoms with Gasteiger partial charge < -0.3 is 4.90 Å². The lowest BCUT2D eigenvalue weighted by molar-refractivity contribution is -0.384. The number of carbonyl (C=O) groups excluding carboxylic acids is 1. The molecule has 8 heteroatoms. The summed E-state index contributed by atoms with van der Waals surface area (Å²) in [7, 11) is 0. The molecule has 1 amide bonds. The van der Waals surface area contributed by atoms with Crippen LogP contribution in [0.5, 0.6) is 0 Å². The minimum absolute atomic E-state index is 0.00772. The van der Waals surface area contributed by atoms with Crippen LogP contribution in [0.25, 0.3) is 0 Å². The van der Waals surface area contributed by atoms with Crippen LogP contribution in [0, 0.1) is 10.1 Å². The van der Waals surface area contributed by atoms with Crippen molar-refractivity contribution in [1.29, 1.82) is 0 Å². The van der Waals surface area contributed by atoms with Gasteiger partial charge in [-0.2, -0.15) is 5.10 Å². The lowest BCUT2D eigenvalue weighted by Gasteiger charge is -2.20. The SMILES string of the molecule is C=CCN(CC=C)C(=O)/C(CCc1cccs1)=N/Nc1ccc([N+](=O)[O-])cc1. The first-order valence-electron chi connectivity index (χ1n) is 8.65. The minimum Gasteiger partial charge on any atom is -0.330 e. The third kappa shape index (κ3) is 6.17. The van der Waals surface area contributed by atoms with Crippen LogP contribution in [-0.2, 0) is 11.2 Å². The molecule has 0 bridgehead atoms. The van der Waals surface area contributed by atoms with Crippen LogP contribution in [-0.4, -0.2) is 34.5 Å². The summed E-state index contributed by atoms with van der Waals surface area (Å²) in [6.45, 7) is 8.16. The Balaban J connectivity index is 2.18. The van der Waals surface area contributed by atoms with E-state index in [0.29, 0.717) is 37.3 Å². The van der Waals surface area contributed by atoms with E-state index in [1.165, 1.54) is 12.1 Å². The third-order valence-corrected chi connectivity index (χ3v) is 4.76. The Morgan fingerprint density at radius 3 is 2.43 bits per heavy atom. The standard InChI is InChI=1S/C20H22N4O3S/c1-3-13-23(14-4-2)20(25)19(12-11-18-6-5-15-28-18)22-21-16-7-9-17(10-8-16)24(26)27/h3-10,15,21H,1-2,11-14H2/b22-19+. The molecular weight excluding hydrogens is 376 g/mol. The molecule has 1 aromatic carbocycles. The van der Waals surface area contributed by atoms with Gasteiger partial charge in [-0.25, -0.2) is 0 Å².